The van der Waals surface area contributed by atoms with Gasteiger partial charge in [-0.05, 0) is 11.6 Å². The van der Waals surface area contributed by atoms with Crippen LogP contribution in [0.15, 0.2) is 36.4 Å². The van der Waals surface area contributed by atoms with Gasteiger partial charge >= 0.3 is 6.18 Å². The van der Waals surface area contributed by atoms with Gasteiger partial charge in [0.1, 0.15) is 16.6 Å². The molecule has 140 valence electrons. The van der Waals surface area contributed by atoms with Crippen LogP contribution in [0, 0.1) is 0 Å². The summed E-state index contributed by atoms with van der Waals surface area (Å²) < 4.78 is 69.6. The highest BCUT2D eigenvalue weighted by Gasteiger charge is 2.34. The third-order valence-electron chi connectivity index (χ3n) is 3.15. The highest BCUT2D eigenvalue weighted by molar-refractivity contribution is 7.89. The molecule has 0 spiro atoms. The van der Waals surface area contributed by atoms with Crippen molar-refractivity contribution in [3.05, 3.63) is 58.4 Å². The van der Waals surface area contributed by atoms with Gasteiger partial charge in [0.25, 0.3) is 5.91 Å². The first-order chi connectivity index (χ1) is 12.0. The number of halogens is 4. The number of methoxy groups -OCH3 is 1. The molecule has 1 aromatic heterocycles. The van der Waals surface area contributed by atoms with Crippen molar-refractivity contribution < 1.29 is 31.1 Å². The largest absolute Gasteiger partial charge is 0.497 e. The first kappa shape index (κ1) is 20.0. The van der Waals surface area contributed by atoms with E-state index < -0.39 is 39.0 Å². The van der Waals surface area contributed by atoms with Crippen molar-refractivity contribution >= 4 is 27.5 Å². The van der Waals surface area contributed by atoms with Gasteiger partial charge in [0.15, 0.2) is 0 Å². The highest BCUT2D eigenvalue weighted by atomic mass is 35.5. The fourth-order valence-electron chi connectivity index (χ4n) is 2.06. The Morgan fingerprint density at radius 1 is 1.27 bits per heavy atom. The van der Waals surface area contributed by atoms with Gasteiger partial charge in [0.2, 0.25) is 10.0 Å². The maximum atomic E-state index is 13.0. The second kappa shape index (κ2) is 7.50. The fraction of sp³-hybridized carbons (Fsp3) is 0.200. The summed E-state index contributed by atoms with van der Waals surface area (Å²) in [4.78, 5) is 15.7. The smallest absolute Gasteiger partial charge is 0.416 e. The SMILES string of the molecule is COc1cc(Cl)nc(C(=O)NS(=O)(=O)Cc2ccccc2C(F)(F)F)c1. The second-order valence-corrected chi connectivity index (χ2v) is 7.17. The Balaban J connectivity index is 2.25. The lowest BCUT2D eigenvalue weighted by Crippen LogP contribution is -2.32. The Bertz CT molecular complexity index is 933. The number of ether oxygens (including phenoxy) is 1. The van der Waals surface area contributed by atoms with Crippen LogP contribution >= 0.6 is 11.6 Å². The van der Waals surface area contributed by atoms with E-state index in [1.165, 1.54) is 19.2 Å². The van der Waals surface area contributed by atoms with Gasteiger partial charge in [0.05, 0.1) is 18.4 Å². The Morgan fingerprint density at radius 3 is 2.54 bits per heavy atom. The quantitative estimate of drug-likeness (QED) is 0.769. The average Bonchev–Trinajstić information content (AvgIpc) is 2.52. The zero-order valence-electron chi connectivity index (χ0n) is 13.2. The van der Waals surface area contributed by atoms with Crippen LogP contribution in [-0.4, -0.2) is 26.4 Å². The summed E-state index contributed by atoms with van der Waals surface area (Å²) in [7, 11) is -3.12. The van der Waals surface area contributed by atoms with E-state index in [4.69, 9.17) is 16.3 Å². The molecule has 6 nitrogen and oxygen atoms in total. The second-order valence-electron chi connectivity index (χ2n) is 5.06. The number of hydrogen-bond donors (Lipinski definition) is 1. The first-order valence-corrected chi connectivity index (χ1v) is 8.96. The van der Waals surface area contributed by atoms with Crippen molar-refractivity contribution in [2.75, 3.05) is 7.11 Å². The molecule has 0 fully saturated rings. The summed E-state index contributed by atoms with van der Waals surface area (Å²) in [6.45, 7) is 0. The predicted molar refractivity (Wildman–Crippen MR) is 87.3 cm³/mol. The van der Waals surface area contributed by atoms with Crippen LogP contribution in [0.25, 0.3) is 0 Å². The molecule has 0 unspecified atom stereocenters. The first-order valence-electron chi connectivity index (χ1n) is 6.93. The summed E-state index contributed by atoms with van der Waals surface area (Å²) >= 11 is 5.70. The molecule has 1 N–H and O–H groups in total. The predicted octanol–water partition coefficient (Wildman–Crippen LogP) is 3.02. The van der Waals surface area contributed by atoms with Crippen molar-refractivity contribution in [3.63, 3.8) is 0 Å². The summed E-state index contributed by atoms with van der Waals surface area (Å²) in [5.41, 5.74) is -1.95. The summed E-state index contributed by atoms with van der Waals surface area (Å²) in [5, 5.41) is -0.116. The molecule has 0 saturated heterocycles. The van der Waals surface area contributed by atoms with Crippen molar-refractivity contribution in [3.8, 4) is 5.75 Å². The zero-order chi connectivity index (χ0) is 19.5. The molecule has 1 aromatic carbocycles. The van der Waals surface area contributed by atoms with E-state index in [0.29, 0.717) is 0 Å². The fourth-order valence-corrected chi connectivity index (χ4v) is 3.38. The number of amides is 1. The lowest BCUT2D eigenvalue weighted by atomic mass is 10.1. The van der Waals surface area contributed by atoms with Crippen molar-refractivity contribution in [2.24, 2.45) is 0 Å². The minimum Gasteiger partial charge on any atom is -0.497 e. The summed E-state index contributed by atoms with van der Waals surface area (Å²) in [6, 6.07) is 6.63. The van der Waals surface area contributed by atoms with E-state index in [2.05, 4.69) is 4.98 Å². The zero-order valence-corrected chi connectivity index (χ0v) is 14.7. The van der Waals surface area contributed by atoms with Gasteiger partial charge < -0.3 is 4.74 Å². The van der Waals surface area contributed by atoms with E-state index in [1.54, 1.807) is 4.72 Å². The van der Waals surface area contributed by atoms with E-state index in [9.17, 15) is 26.4 Å². The molecule has 0 bridgehead atoms. The number of carbonyl (C=O) groups is 1. The van der Waals surface area contributed by atoms with Gasteiger partial charge in [-0.3, -0.25) is 4.79 Å². The number of carbonyl (C=O) groups excluding carboxylic acids is 1. The number of rotatable bonds is 5. The molecule has 26 heavy (non-hydrogen) atoms. The number of hydrogen-bond acceptors (Lipinski definition) is 5. The van der Waals surface area contributed by atoms with Gasteiger partial charge in [-0.15, -0.1) is 0 Å². The number of alkyl halides is 3. The Hall–Kier alpha value is -2.33. The normalized spacial score (nSPS) is 11.9. The van der Waals surface area contributed by atoms with Crippen LogP contribution < -0.4 is 9.46 Å². The molecule has 0 aliphatic rings. The number of sulfonamides is 1. The lowest BCUT2D eigenvalue weighted by molar-refractivity contribution is -0.138. The molecule has 0 aliphatic carbocycles. The molecule has 0 atom stereocenters. The molecule has 11 heteroatoms. The standard InChI is InChI=1S/C15H12ClF3N2O4S/c1-25-10-6-12(20-13(16)7-10)14(22)21-26(23,24)8-9-4-2-3-5-11(9)15(17,18)19/h2-7H,8H2,1H3,(H,21,22). The molecule has 1 amide bonds. The number of nitrogens with one attached hydrogen (secondary N) is 1. The third-order valence-corrected chi connectivity index (χ3v) is 4.53. The Labute approximate surface area is 152 Å². The molecule has 0 aliphatic heterocycles. The van der Waals surface area contributed by atoms with Crippen LogP contribution in [0.3, 0.4) is 0 Å². The van der Waals surface area contributed by atoms with E-state index >= 15 is 0 Å². The topological polar surface area (TPSA) is 85.4 Å². The maximum Gasteiger partial charge on any atom is 0.416 e. The van der Waals surface area contributed by atoms with E-state index in [1.807, 2.05) is 0 Å². The van der Waals surface area contributed by atoms with Gasteiger partial charge in [-0.1, -0.05) is 29.8 Å². The molecule has 2 rings (SSSR count). The molecule has 1 heterocycles. The molecule has 0 radical (unpaired) electrons. The molecule has 0 saturated carbocycles. The molecular weight excluding hydrogens is 397 g/mol. The molecule has 2 aromatic rings. The Morgan fingerprint density at radius 2 is 1.92 bits per heavy atom. The highest BCUT2D eigenvalue weighted by Crippen LogP contribution is 2.32. The average molecular weight is 409 g/mol. The van der Waals surface area contributed by atoms with Crippen molar-refractivity contribution in [2.45, 2.75) is 11.9 Å². The van der Waals surface area contributed by atoms with Crippen LogP contribution in [0.2, 0.25) is 5.15 Å². The lowest BCUT2D eigenvalue weighted by Gasteiger charge is -2.13. The minimum atomic E-state index is -4.72. The van der Waals surface area contributed by atoms with Gasteiger partial charge in [-0.25, -0.2) is 18.1 Å². The molecular formula is C15H12ClF3N2O4S. The maximum absolute atomic E-state index is 13.0. The summed E-state index contributed by atoms with van der Waals surface area (Å²) in [5.74, 6) is -2.02. The van der Waals surface area contributed by atoms with Crippen LogP contribution in [0.5, 0.6) is 5.75 Å². The van der Waals surface area contributed by atoms with Crippen molar-refractivity contribution in [1.82, 2.24) is 9.71 Å². The number of aromatic nitrogens is 1. The number of pyridine rings is 1. The Kier molecular flexibility index (Phi) is 5.77. The van der Waals surface area contributed by atoms with E-state index in [-0.39, 0.29) is 16.6 Å². The number of nitrogens with zero attached hydrogens (tertiary/aromatic N) is 1. The van der Waals surface area contributed by atoms with Gasteiger partial charge in [0, 0.05) is 12.1 Å². The minimum absolute atomic E-state index is 0.116. The summed E-state index contributed by atoms with van der Waals surface area (Å²) in [6.07, 6.45) is -4.72. The van der Waals surface area contributed by atoms with Crippen LogP contribution in [0.1, 0.15) is 21.6 Å². The number of benzene rings is 1. The van der Waals surface area contributed by atoms with Crippen LogP contribution in [-0.2, 0) is 22.0 Å². The third kappa shape index (κ3) is 5.09. The van der Waals surface area contributed by atoms with Crippen molar-refractivity contribution in [1.29, 1.82) is 0 Å². The van der Waals surface area contributed by atoms with Gasteiger partial charge in [-0.2, -0.15) is 13.2 Å². The van der Waals surface area contributed by atoms with Crippen LogP contribution in [0.4, 0.5) is 13.2 Å². The monoisotopic (exact) mass is 408 g/mol. The van der Waals surface area contributed by atoms with E-state index in [0.717, 1.165) is 24.3 Å².